The van der Waals surface area contributed by atoms with Crippen LogP contribution in [0.1, 0.15) is 28.4 Å². The van der Waals surface area contributed by atoms with E-state index in [0.717, 1.165) is 22.4 Å². The molecule has 20 heavy (non-hydrogen) atoms. The predicted octanol–water partition coefficient (Wildman–Crippen LogP) is 3.24. The molecule has 0 spiro atoms. The summed E-state index contributed by atoms with van der Waals surface area (Å²) in [4.78, 5) is 14.3. The van der Waals surface area contributed by atoms with E-state index in [1.807, 2.05) is 67.3 Å². The minimum atomic E-state index is 0.0630. The number of anilines is 1. The summed E-state index contributed by atoms with van der Waals surface area (Å²) in [7, 11) is 0. The summed E-state index contributed by atoms with van der Waals surface area (Å²) in [5.74, 6) is 0.0630. The molecule has 0 heterocycles. The fourth-order valence-corrected chi connectivity index (χ4v) is 2.13. The van der Waals surface area contributed by atoms with E-state index in [1.54, 1.807) is 0 Å². The van der Waals surface area contributed by atoms with E-state index in [4.69, 9.17) is 5.73 Å². The highest BCUT2D eigenvalue weighted by Gasteiger charge is 2.14. The number of rotatable bonds is 4. The van der Waals surface area contributed by atoms with Gasteiger partial charge in [-0.25, -0.2) is 0 Å². The lowest BCUT2D eigenvalue weighted by atomic mass is 10.1. The summed E-state index contributed by atoms with van der Waals surface area (Å²) in [6.45, 7) is 5.26. The minimum Gasteiger partial charge on any atom is -0.399 e. The number of hydrogen-bond acceptors (Lipinski definition) is 2. The van der Waals surface area contributed by atoms with Crippen molar-refractivity contribution < 1.29 is 4.79 Å². The van der Waals surface area contributed by atoms with Gasteiger partial charge in [-0.15, -0.1) is 0 Å². The van der Waals surface area contributed by atoms with Gasteiger partial charge in [-0.05, 0) is 43.7 Å². The molecule has 2 rings (SSSR count). The molecule has 0 unspecified atom stereocenters. The molecule has 0 aromatic heterocycles. The van der Waals surface area contributed by atoms with Crippen molar-refractivity contribution >= 4 is 11.6 Å². The predicted molar refractivity (Wildman–Crippen MR) is 82.4 cm³/mol. The quantitative estimate of drug-likeness (QED) is 0.865. The molecule has 0 fully saturated rings. The molecular weight excluding hydrogens is 248 g/mol. The molecule has 2 N–H and O–H groups in total. The van der Waals surface area contributed by atoms with Gasteiger partial charge in [-0.2, -0.15) is 0 Å². The summed E-state index contributed by atoms with van der Waals surface area (Å²) in [6, 6.07) is 15.3. The van der Waals surface area contributed by atoms with Crippen LogP contribution in [0.15, 0.2) is 48.5 Å². The summed E-state index contributed by atoms with van der Waals surface area (Å²) >= 11 is 0. The number of nitrogens with two attached hydrogens (primary N) is 1. The van der Waals surface area contributed by atoms with E-state index in [1.165, 1.54) is 0 Å². The molecule has 0 bridgehead atoms. The van der Waals surface area contributed by atoms with Crippen LogP contribution in [-0.4, -0.2) is 17.4 Å². The van der Waals surface area contributed by atoms with Crippen molar-refractivity contribution in [3.05, 3.63) is 65.2 Å². The molecule has 0 aliphatic rings. The maximum absolute atomic E-state index is 12.5. The van der Waals surface area contributed by atoms with Crippen LogP contribution in [0, 0.1) is 6.92 Å². The molecule has 104 valence electrons. The monoisotopic (exact) mass is 268 g/mol. The fourth-order valence-electron chi connectivity index (χ4n) is 2.13. The Morgan fingerprint density at radius 2 is 1.85 bits per heavy atom. The highest BCUT2D eigenvalue weighted by atomic mass is 16.2. The van der Waals surface area contributed by atoms with Crippen molar-refractivity contribution in [2.24, 2.45) is 0 Å². The standard InChI is InChI=1S/C17H20N2O/c1-3-19(12-14-7-9-16(18)10-8-14)17(20)15-6-4-5-13(2)11-15/h4-11H,3,12,18H2,1-2H3. The maximum atomic E-state index is 12.5. The third-order valence-corrected chi connectivity index (χ3v) is 3.29. The topological polar surface area (TPSA) is 46.3 Å². The molecule has 0 radical (unpaired) electrons. The summed E-state index contributed by atoms with van der Waals surface area (Å²) in [6.07, 6.45) is 0. The zero-order valence-corrected chi connectivity index (χ0v) is 12.0. The van der Waals surface area contributed by atoms with Crippen LogP contribution in [0.2, 0.25) is 0 Å². The Morgan fingerprint density at radius 1 is 1.15 bits per heavy atom. The molecule has 3 heteroatoms. The third-order valence-electron chi connectivity index (χ3n) is 3.29. The highest BCUT2D eigenvalue weighted by molar-refractivity contribution is 5.94. The van der Waals surface area contributed by atoms with Crippen LogP contribution < -0.4 is 5.73 Å². The van der Waals surface area contributed by atoms with Crippen molar-refractivity contribution in [3.63, 3.8) is 0 Å². The van der Waals surface area contributed by atoms with Gasteiger partial charge < -0.3 is 10.6 Å². The number of carbonyl (C=O) groups excluding carboxylic acids is 1. The fraction of sp³-hybridized carbons (Fsp3) is 0.235. The van der Waals surface area contributed by atoms with Crippen LogP contribution in [0.25, 0.3) is 0 Å². The van der Waals surface area contributed by atoms with E-state index < -0.39 is 0 Å². The average molecular weight is 268 g/mol. The van der Waals surface area contributed by atoms with E-state index in [9.17, 15) is 4.79 Å². The van der Waals surface area contributed by atoms with E-state index in [2.05, 4.69) is 0 Å². The van der Waals surface area contributed by atoms with Gasteiger partial charge in [0.05, 0.1) is 0 Å². The summed E-state index contributed by atoms with van der Waals surface area (Å²) in [5, 5.41) is 0. The van der Waals surface area contributed by atoms with Crippen LogP contribution in [0.4, 0.5) is 5.69 Å². The van der Waals surface area contributed by atoms with Gasteiger partial charge in [-0.1, -0.05) is 29.8 Å². The van der Waals surface area contributed by atoms with Crippen molar-refractivity contribution in [1.29, 1.82) is 0 Å². The Labute approximate surface area is 120 Å². The zero-order valence-electron chi connectivity index (χ0n) is 12.0. The first-order valence-corrected chi connectivity index (χ1v) is 6.80. The Bertz CT molecular complexity index is 590. The number of nitrogen functional groups attached to an aromatic ring is 1. The molecule has 0 saturated heterocycles. The second kappa shape index (κ2) is 6.24. The van der Waals surface area contributed by atoms with Gasteiger partial charge in [0.2, 0.25) is 0 Å². The van der Waals surface area contributed by atoms with E-state index >= 15 is 0 Å². The second-order valence-electron chi connectivity index (χ2n) is 4.93. The lowest BCUT2D eigenvalue weighted by Crippen LogP contribution is -2.30. The average Bonchev–Trinajstić information content (AvgIpc) is 2.46. The van der Waals surface area contributed by atoms with E-state index in [0.29, 0.717) is 13.1 Å². The Balaban J connectivity index is 2.15. The lowest BCUT2D eigenvalue weighted by Gasteiger charge is -2.21. The van der Waals surface area contributed by atoms with Crippen LogP contribution in [0.5, 0.6) is 0 Å². The minimum absolute atomic E-state index is 0.0630. The Kier molecular flexibility index (Phi) is 4.41. The molecular formula is C17H20N2O. The first-order chi connectivity index (χ1) is 9.60. The van der Waals surface area contributed by atoms with Crippen molar-refractivity contribution in [1.82, 2.24) is 4.90 Å². The smallest absolute Gasteiger partial charge is 0.254 e. The zero-order chi connectivity index (χ0) is 14.5. The normalized spacial score (nSPS) is 10.3. The first kappa shape index (κ1) is 14.1. The van der Waals surface area contributed by atoms with Crippen LogP contribution in [0.3, 0.4) is 0 Å². The second-order valence-corrected chi connectivity index (χ2v) is 4.93. The maximum Gasteiger partial charge on any atom is 0.254 e. The number of carbonyl (C=O) groups is 1. The Hall–Kier alpha value is -2.29. The third kappa shape index (κ3) is 3.38. The summed E-state index contributed by atoms with van der Waals surface area (Å²) in [5.41, 5.74) is 9.33. The van der Waals surface area contributed by atoms with Gasteiger partial charge >= 0.3 is 0 Å². The van der Waals surface area contributed by atoms with Gasteiger partial charge in [0.1, 0.15) is 0 Å². The molecule has 1 amide bonds. The first-order valence-electron chi connectivity index (χ1n) is 6.80. The van der Waals surface area contributed by atoms with Gasteiger partial charge in [0.25, 0.3) is 5.91 Å². The molecule has 0 saturated carbocycles. The molecule has 3 nitrogen and oxygen atoms in total. The lowest BCUT2D eigenvalue weighted by molar-refractivity contribution is 0.0752. The number of hydrogen-bond donors (Lipinski definition) is 1. The summed E-state index contributed by atoms with van der Waals surface area (Å²) < 4.78 is 0. The van der Waals surface area contributed by atoms with Crippen LogP contribution >= 0.6 is 0 Å². The molecule has 0 aliphatic heterocycles. The molecule has 2 aromatic carbocycles. The SMILES string of the molecule is CCN(Cc1ccc(N)cc1)C(=O)c1cccc(C)c1. The number of nitrogens with zero attached hydrogens (tertiary/aromatic N) is 1. The Morgan fingerprint density at radius 3 is 2.45 bits per heavy atom. The number of amides is 1. The number of aryl methyl sites for hydroxylation is 1. The largest absolute Gasteiger partial charge is 0.399 e. The highest BCUT2D eigenvalue weighted by Crippen LogP contribution is 2.12. The molecule has 0 atom stereocenters. The van der Waals surface area contributed by atoms with Gasteiger partial charge in [0, 0.05) is 24.3 Å². The molecule has 2 aromatic rings. The van der Waals surface area contributed by atoms with Crippen molar-refractivity contribution in [2.45, 2.75) is 20.4 Å². The van der Waals surface area contributed by atoms with Gasteiger partial charge in [-0.3, -0.25) is 4.79 Å². The van der Waals surface area contributed by atoms with E-state index in [-0.39, 0.29) is 5.91 Å². The van der Waals surface area contributed by atoms with Gasteiger partial charge in [0.15, 0.2) is 0 Å². The molecule has 0 aliphatic carbocycles. The van der Waals surface area contributed by atoms with Crippen molar-refractivity contribution in [3.8, 4) is 0 Å². The van der Waals surface area contributed by atoms with Crippen LogP contribution in [-0.2, 0) is 6.54 Å². The van der Waals surface area contributed by atoms with Crippen molar-refractivity contribution in [2.75, 3.05) is 12.3 Å². The number of benzene rings is 2.